The summed E-state index contributed by atoms with van der Waals surface area (Å²) in [7, 11) is 3.14. The van der Waals surface area contributed by atoms with Crippen molar-refractivity contribution >= 4 is 40.0 Å². The Balaban J connectivity index is 1.46. The smallest absolute Gasteiger partial charge is 0.367 e. The second-order valence-corrected chi connectivity index (χ2v) is 10.6. The molecular formula is C26H25Cl2F3N2O3. The molecule has 2 aliphatic rings. The Hall–Kier alpha value is -2.26. The minimum absolute atomic E-state index is 0.112. The van der Waals surface area contributed by atoms with E-state index in [9.17, 15) is 23.1 Å². The van der Waals surface area contributed by atoms with Crippen LogP contribution in [0.1, 0.15) is 45.6 Å². The zero-order valence-electron chi connectivity index (χ0n) is 19.9. The van der Waals surface area contributed by atoms with Crippen LogP contribution in [0.4, 0.5) is 13.2 Å². The average molecular weight is 541 g/mol. The molecular weight excluding hydrogens is 516 g/mol. The summed E-state index contributed by atoms with van der Waals surface area (Å²) in [5, 5.41) is 11.5. The average Bonchev–Trinajstić information content (AvgIpc) is 3.13. The van der Waals surface area contributed by atoms with Gasteiger partial charge >= 0.3 is 6.18 Å². The predicted molar refractivity (Wildman–Crippen MR) is 131 cm³/mol. The van der Waals surface area contributed by atoms with Crippen LogP contribution in [-0.4, -0.2) is 46.5 Å². The Morgan fingerprint density at radius 3 is 2.58 bits per heavy atom. The van der Waals surface area contributed by atoms with Crippen molar-refractivity contribution in [2.45, 2.75) is 44.7 Å². The van der Waals surface area contributed by atoms with Crippen LogP contribution >= 0.6 is 23.2 Å². The Morgan fingerprint density at radius 2 is 2.00 bits per heavy atom. The number of halogens is 5. The Morgan fingerprint density at radius 1 is 1.28 bits per heavy atom. The van der Waals surface area contributed by atoms with Gasteiger partial charge in [0.05, 0.1) is 21.6 Å². The number of likely N-dealkylation sites (tertiary alicyclic amines) is 1. The topological polar surface area (TPSA) is 54.7 Å². The Bertz CT molecular complexity index is 1390. The van der Waals surface area contributed by atoms with Crippen molar-refractivity contribution in [3.8, 4) is 0 Å². The number of amides is 1. The standard InChI is InChI=1S/C26H25Cl2F3N2O3/c1-13-8-14(26(29,30)31)9-20-17(13)10-15(32(20)2)11-18-19(27)5-4-16(22(18)28)23(34)33-12-25(24(35)36-3)7-6-21(25)33/h4-5,8-10,21,24,35H,6-7,11-12H2,1-3H3. The molecule has 1 saturated carbocycles. The van der Waals surface area contributed by atoms with Crippen LogP contribution in [0.25, 0.3) is 10.9 Å². The van der Waals surface area contributed by atoms with Gasteiger partial charge in [-0.15, -0.1) is 0 Å². The quantitative estimate of drug-likeness (QED) is 0.405. The number of rotatable bonds is 5. The Labute approximate surface area is 216 Å². The minimum atomic E-state index is -4.45. The molecule has 3 unspecified atom stereocenters. The lowest BCUT2D eigenvalue weighted by Gasteiger charge is -2.65. The molecule has 36 heavy (non-hydrogen) atoms. The zero-order valence-corrected chi connectivity index (χ0v) is 21.4. The molecule has 1 aromatic heterocycles. The number of aliphatic hydroxyl groups excluding tert-OH is 1. The lowest BCUT2D eigenvalue weighted by atomic mass is 9.56. The maximum atomic E-state index is 13.4. The van der Waals surface area contributed by atoms with Gasteiger partial charge < -0.3 is 19.3 Å². The number of carbonyl (C=O) groups excluding carboxylic acids is 1. The van der Waals surface area contributed by atoms with E-state index in [-0.39, 0.29) is 23.4 Å². The number of nitrogens with zero attached hydrogens (tertiary/aromatic N) is 2. The second-order valence-electron chi connectivity index (χ2n) is 9.79. The highest BCUT2D eigenvalue weighted by Gasteiger charge is 2.64. The first-order chi connectivity index (χ1) is 16.9. The van der Waals surface area contributed by atoms with E-state index in [1.807, 2.05) is 6.07 Å². The maximum Gasteiger partial charge on any atom is 0.416 e. The predicted octanol–water partition coefficient (Wildman–Crippen LogP) is 5.97. The number of fused-ring (bicyclic) bond motifs is 2. The third kappa shape index (κ3) is 3.72. The van der Waals surface area contributed by atoms with Gasteiger partial charge in [-0.2, -0.15) is 13.2 Å². The minimum Gasteiger partial charge on any atom is -0.367 e. The maximum absolute atomic E-state index is 13.4. The number of alkyl halides is 3. The van der Waals surface area contributed by atoms with E-state index in [0.717, 1.165) is 25.0 Å². The van der Waals surface area contributed by atoms with Gasteiger partial charge in [0, 0.05) is 54.8 Å². The van der Waals surface area contributed by atoms with E-state index >= 15 is 0 Å². The first-order valence-electron chi connectivity index (χ1n) is 11.5. The number of carbonyl (C=O) groups is 1. The molecule has 2 fully saturated rings. The molecule has 3 atom stereocenters. The Kier molecular flexibility index (Phi) is 6.10. The fourth-order valence-corrected chi connectivity index (χ4v) is 6.27. The molecule has 0 spiro atoms. The monoisotopic (exact) mass is 540 g/mol. The van der Waals surface area contributed by atoms with Gasteiger partial charge in [0.2, 0.25) is 0 Å². The van der Waals surface area contributed by atoms with Crippen molar-refractivity contribution in [1.29, 1.82) is 0 Å². The molecule has 5 nitrogen and oxygen atoms in total. The molecule has 1 amide bonds. The third-order valence-electron chi connectivity index (χ3n) is 7.93. The normalized spacial score (nSPS) is 22.2. The van der Waals surface area contributed by atoms with Gasteiger partial charge in [0.25, 0.3) is 5.91 Å². The molecule has 3 aromatic rings. The molecule has 192 valence electrons. The number of aryl methyl sites for hydroxylation is 2. The van der Waals surface area contributed by atoms with Crippen LogP contribution in [0.3, 0.4) is 0 Å². The summed E-state index contributed by atoms with van der Waals surface area (Å²) in [5.74, 6) is -0.246. The highest BCUT2D eigenvalue weighted by molar-refractivity contribution is 6.38. The number of hydrogen-bond acceptors (Lipinski definition) is 3. The van der Waals surface area contributed by atoms with Crippen molar-refractivity contribution in [1.82, 2.24) is 9.47 Å². The highest BCUT2D eigenvalue weighted by atomic mass is 35.5. The van der Waals surface area contributed by atoms with Crippen LogP contribution < -0.4 is 0 Å². The molecule has 1 saturated heterocycles. The van der Waals surface area contributed by atoms with E-state index in [0.29, 0.717) is 44.9 Å². The molecule has 1 aliphatic heterocycles. The van der Waals surface area contributed by atoms with Crippen LogP contribution in [0.2, 0.25) is 10.0 Å². The SMILES string of the molecule is COC(O)C12CCC1N(C(=O)c1ccc(Cl)c(Cc3cc4c(C)cc(C(F)(F)F)cc4n3C)c1Cl)C2. The summed E-state index contributed by atoms with van der Waals surface area (Å²) >= 11 is 13.2. The summed E-state index contributed by atoms with van der Waals surface area (Å²) < 4.78 is 46.9. The molecule has 0 bridgehead atoms. The van der Waals surface area contributed by atoms with Gasteiger partial charge in [0.15, 0.2) is 6.29 Å². The lowest BCUT2D eigenvalue weighted by molar-refractivity contribution is -0.265. The molecule has 5 rings (SSSR count). The summed E-state index contributed by atoms with van der Waals surface area (Å²) in [6.45, 7) is 2.03. The fraction of sp³-hybridized carbons (Fsp3) is 0.423. The first kappa shape index (κ1) is 25.4. The van der Waals surface area contributed by atoms with E-state index in [2.05, 4.69) is 0 Å². The van der Waals surface area contributed by atoms with Crippen molar-refractivity contribution in [3.63, 3.8) is 0 Å². The third-order valence-corrected chi connectivity index (χ3v) is 8.72. The lowest BCUT2D eigenvalue weighted by Crippen LogP contribution is -2.76. The van der Waals surface area contributed by atoms with Gasteiger partial charge in [-0.25, -0.2) is 0 Å². The molecule has 10 heteroatoms. The number of aliphatic hydroxyl groups is 1. The molecule has 2 aromatic carbocycles. The summed E-state index contributed by atoms with van der Waals surface area (Å²) in [5.41, 5.74) is 1.38. The van der Waals surface area contributed by atoms with Crippen LogP contribution in [-0.2, 0) is 24.4 Å². The van der Waals surface area contributed by atoms with E-state index in [1.165, 1.54) is 7.11 Å². The van der Waals surface area contributed by atoms with E-state index in [1.54, 1.807) is 35.6 Å². The van der Waals surface area contributed by atoms with Crippen molar-refractivity contribution < 1.29 is 27.8 Å². The van der Waals surface area contributed by atoms with Gasteiger partial charge in [0.1, 0.15) is 0 Å². The molecule has 1 N–H and O–H groups in total. The molecule has 0 radical (unpaired) electrons. The van der Waals surface area contributed by atoms with Gasteiger partial charge in [-0.05, 0) is 61.2 Å². The number of ether oxygens (including phenoxy) is 1. The van der Waals surface area contributed by atoms with Crippen molar-refractivity contribution in [3.05, 3.63) is 68.3 Å². The number of aromatic nitrogens is 1. The number of benzene rings is 2. The number of hydrogen-bond donors (Lipinski definition) is 1. The van der Waals surface area contributed by atoms with Crippen LogP contribution in [0, 0.1) is 12.3 Å². The summed E-state index contributed by atoms with van der Waals surface area (Å²) in [6, 6.07) is 7.19. The summed E-state index contributed by atoms with van der Waals surface area (Å²) in [6.07, 6.45) is -3.57. The fourth-order valence-electron chi connectivity index (χ4n) is 5.68. The van der Waals surface area contributed by atoms with Gasteiger partial charge in [-0.3, -0.25) is 4.79 Å². The van der Waals surface area contributed by atoms with Crippen molar-refractivity contribution in [2.75, 3.05) is 13.7 Å². The largest absolute Gasteiger partial charge is 0.416 e. The number of piperidine rings is 1. The highest BCUT2D eigenvalue weighted by Crippen LogP contribution is 2.56. The zero-order chi connectivity index (χ0) is 26.2. The number of methoxy groups -OCH3 is 1. The summed E-state index contributed by atoms with van der Waals surface area (Å²) in [4.78, 5) is 15.1. The van der Waals surface area contributed by atoms with E-state index < -0.39 is 23.4 Å². The van der Waals surface area contributed by atoms with Gasteiger partial charge in [-0.1, -0.05) is 23.2 Å². The second kappa shape index (κ2) is 8.65. The van der Waals surface area contributed by atoms with E-state index in [4.69, 9.17) is 27.9 Å². The first-order valence-corrected chi connectivity index (χ1v) is 12.3. The molecule has 1 aliphatic carbocycles. The van der Waals surface area contributed by atoms with Crippen LogP contribution in [0.5, 0.6) is 0 Å². The van der Waals surface area contributed by atoms with Crippen LogP contribution in [0.15, 0.2) is 30.3 Å². The molecule has 2 heterocycles. The van der Waals surface area contributed by atoms with Crippen molar-refractivity contribution in [2.24, 2.45) is 12.5 Å².